The predicted molar refractivity (Wildman–Crippen MR) is 92.7 cm³/mol. The van der Waals surface area contributed by atoms with Crippen molar-refractivity contribution in [2.24, 2.45) is 0 Å². The average molecular weight is 310 g/mol. The van der Waals surface area contributed by atoms with Crippen molar-refractivity contribution in [2.45, 2.75) is 26.2 Å². The van der Waals surface area contributed by atoms with Crippen molar-refractivity contribution in [2.75, 3.05) is 7.11 Å². The Hall–Kier alpha value is -2.55. The Bertz CT molecular complexity index is 640. The van der Waals surface area contributed by atoms with Crippen LogP contribution in [0.2, 0.25) is 0 Å². The summed E-state index contributed by atoms with van der Waals surface area (Å²) in [6.07, 6.45) is 6.54. The van der Waals surface area contributed by atoms with Crippen LogP contribution < -0.4 is 9.47 Å². The molecule has 23 heavy (non-hydrogen) atoms. The van der Waals surface area contributed by atoms with Gasteiger partial charge in [0.25, 0.3) is 0 Å². The number of aryl methyl sites for hydroxylation is 1. The van der Waals surface area contributed by atoms with Crippen LogP contribution in [0.15, 0.2) is 54.6 Å². The fourth-order valence-corrected chi connectivity index (χ4v) is 2.13. The number of unbranched alkanes of at least 4 members (excludes halogenated alkanes) is 1. The topological polar surface area (TPSA) is 35.5 Å². The lowest BCUT2D eigenvalue weighted by Gasteiger charge is -2.03. The summed E-state index contributed by atoms with van der Waals surface area (Å²) in [5.41, 5.74) is 2.18. The summed E-state index contributed by atoms with van der Waals surface area (Å²) in [5.74, 6) is 0.963. The van der Waals surface area contributed by atoms with E-state index in [-0.39, 0.29) is 5.97 Å². The lowest BCUT2D eigenvalue weighted by Crippen LogP contribution is -2.03. The van der Waals surface area contributed by atoms with Crippen LogP contribution in [0.5, 0.6) is 11.5 Å². The highest BCUT2D eigenvalue weighted by atomic mass is 16.5. The summed E-state index contributed by atoms with van der Waals surface area (Å²) in [7, 11) is 1.62. The molecule has 0 heterocycles. The first kappa shape index (κ1) is 16.8. The summed E-state index contributed by atoms with van der Waals surface area (Å²) in [5, 5.41) is 0. The summed E-state index contributed by atoms with van der Waals surface area (Å²) < 4.78 is 10.4. The summed E-state index contributed by atoms with van der Waals surface area (Å²) >= 11 is 0. The lowest BCUT2D eigenvalue weighted by molar-refractivity contribution is -0.128. The first-order valence-electron chi connectivity index (χ1n) is 7.84. The Morgan fingerprint density at radius 3 is 2.26 bits per heavy atom. The molecule has 0 bridgehead atoms. The molecule has 3 nitrogen and oxygen atoms in total. The highest BCUT2D eigenvalue weighted by Gasteiger charge is 2.01. The number of carbonyl (C=O) groups excluding carboxylic acids is 1. The average Bonchev–Trinajstić information content (AvgIpc) is 2.60. The molecule has 3 heteroatoms. The van der Waals surface area contributed by atoms with Gasteiger partial charge in [0.05, 0.1) is 7.11 Å². The van der Waals surface area contributed by atoms with E-state index in [1.54, 1.807) is 13.2 Å². The molecule has 0 fully saturated rings. The lowest BCUT2D eigenvalue weighted by atomic mass is 10.1. The number of rotatable bonds is 7. The minimum atomic E-state index is -0.387. The molecule has 0 radical (unpaired) electrons. The Morgan fingerprint density at radius 1 is 1.00 bits per heavy atom. The number of benzene rings is 2. The molecule has 0 saturated carbocycles. The molecule has 2 aromatic rings. The third-order valence-electron chi connectivity index (χ3n) is 3.49. The normalized spacial score (nSPS) is 10.7. The van der Waals surface area contributed by atoms with Gasteiger partial charge < -0.3 is 9.47 Å². The third-order valence-corrected chi connectivity index (χ3v) is 3.49. The van der Waals surface area contributed by atoms with Crippen LogP contribution in [0, 0.1) is 0 Å². The van der Waals surface area contributed by atoms with E-state index < -0.39 is 0 Å². The highest BCUT2D eigenvalue weighted by Crippen LogP contribution is 2.15. The van der Waals surface area contributed by atoms with Crippen molar-refractivity contribution in [1.82, 2.24) is 0 Å². The van der Waals surface area contributed by atoms with Gasteiger partial charge in [-0.05, 0) is 54.3 Å². The SMILES string of the molecule is CCCCc1ccc(OC(=O)/C=C\c2ccc(OC)cc2)cc1. The van der Waals surface area contributed by atoms with Gasteiger partial charge in [-0.3, -0.25) is 0 Å². The molecule has 0 N–H and O–H groups in total. The molecule has 0 atom stereocenters. The Morgan fingerprint density at radius 2 is 1.65 bits per heavy atom. The molecule has 0 aliphatic heterocycles. The second-order valence-electron chi connectivity index (χ2n) is 5.28. The Kier molecular flexibility index (Phi) is 6.42. The largest absolute Gasteiger partial charge is 0.497 e. The molecular weight excluding hydrogens is 288 g/mol. The van der Waals surface area contributed by atoms with Gasteiger partial charge in [0.2, 0.25) is 0 Å². The Labute approximate surface area is 137 Å². The maximum atomic E-state index is 11.8. The van der Waals surface area contributed by atoms with Crippen molar-refractivity contribution in [3.8, 4) is 11.5 Å². The number of carbonyl (C=O) groups is 1. The predicted octanol–water partition coefficient (Wildman–Crippen LogP) is 4.66. The van der Waals surface area contributed by atoms with Crippen molar-refractivity contribution < 1.29 is 14.3 Å². The molecule has 2 aromatic carbocycles. The zero-order valence-corrected chi connectivity index (χ0v) is 13.6. The number of hydrogen-bond donors (Lipinski definition) is 0. The van der Waals surface area contributed by atoms with Crippen molar-refractivity contribution in [3.63, 3.8) is 0 Å². The molecule has 0 amide bonds. The zero-order valence-electron chi connectivity index (χ0n) is 13.6. The number of methoxy groups -OCH3 is 1. The minimum Gasteiger partial charge on any atom is -0.497 e. The van der Waals surface area contributed by atoms with E-state index in [4.69, 9.17) is 9.47 Å². The molecule has 0 aliphatic carbocycles. The summed E-state index contributed by atoms with van der Waals surface area (Å²) in [4.78, 5) is 11.8. The van der Waals surface area contributed by atoms with E-state index in [2.05, 4.69) is 6.92 Å². The smallest absolute Gasteiger partial charge is 0.336 e. The monoisotopic (exact) mass is 310 g/mol. The molecule has 120 valence electrons. The quantitative estimate of drug-likeness (QED) is 0.424. The van der Waals surface area contributed by atoms with E-state index in [9.17, 15) is 4.79 Å². The van der Waals surface area contributed by atoms with Crippen LogP contribution in [-0.4, -0.2) is 13.1 Å². The second-order valence-corrected chi connectivity index (χ2v) is 5.28. The van der Waals surface area contributed by atoms with E-state index in [0.717, 1.165) is 17.7 Å². The van der Waals surface area contributed by atoms with Gasteiger partial charge in [0.1, 0.15) is 11.5 Å². The van der Waals surface area contributed by atoms with Gasteiger partial charge >= 0.3 is 5.97 Å². The van der Waals surface area contributed by atoms with E-state index in [1.165, 1.54) is 24.5 Å². The van der Waals surface area contributed by atoms with Gasteiger partial charge in [0.15, 0.2) is 0 Å². The molecule has 0 aromatic heterocycles. The van der Waals surface area contributed by atoms with E-state index in [1.807, 2.05) is 48.5 Å². The fourth-order valence-electron chi connectivity index (χ4n) is 2.13. The highest BCUT2D eigenvalue weighted by molar-refractivity contribution is 5.88. The van der Waals surface area contributed by atoms with Gasteiger partial charge in [-0.1, -0.05) is 37.6 Å². The van der Waals surface area contributed by atoms with Crippen molar-refractivity contribution in [3.05, 3.63) is 65.7 Å². The van der Waals surface area contributed by atoms with Crippen LogP contribution >= 0.6 is 0 Å². The molecule has 0 aliphatic rings. The number of ether oxygens (including phenoxy) is 2. The van der Waals surface area contributed by atoms with Crippen LogP contribution in [0.3, 0.4) is 0 Å². The maximum absolute atomic E-state index is 11.8. The number of esters is 1. The Balaban J connectivity index is 1.89. The van der Waals surface area contributed by atoms with E-state index >= 15 is 0 Å². The van der Waals surface area contributed by atoms with Gasteiger partial charge in [-0.15, -0.1) is 0 Å². The van der Waals surface area contributed by atoms with Crippen molar-refractivity contribution >= 4 is 12.0 Å². The second kappa shape index (κ2) is 8.79. The first-order chi connectivity index (χ1) is 11.2. The van der Waals surface area contributed by atoms with Crippen LogP contribution in [0.25, 0.3) is 6.08 Å². The van der Waals surface area contributed by atoms with Gasteiger partial charge in [0, 0.05) is 6.08 Å². The standard InChI is InChI=1S/C20H22O3/c1-3-4-5-16-8-13-19(14-9-16)23-20(21)15-10-17-6-11-18(22-2)12-7-17/h6-15H,3-5H2,1-2H3/b15-10-. The molecule has 2 rings (SSSR count). The summed E-state index contributed by atoms with van der Waals surface area (Å²) in [6, 6.07) is 15.1. The fraction of sp³-hybridized carbons (Fsp3) is 0.250. The van der Waals surface area contributed by atoms with Crippen LogP contribution in [-0.2, 0) is 11.2 Å². The third kappa shape index (κ3) is 5.62. The van der Waals surface area contributed by atoms with Gasteiger partial charge in [-0.2, -0.15) is 0 Å². The molecule has 0 saturated heterocycles. The summed E-state index contributed by atoms with van der Waals surface area (Å²) in [6.45, 7) is 2.17. The number of hydrogen-bond acceptors (Lipinski definition) is 3. The van der Waals surface area contributed by atoms with Crippen LogP contribution in [0.4, 0.5) is 0 Å². The molecule has 0 unspecified atom stereocenters. The van der Waals surface area contributed by atoms with E-state index in [0.29, 0.717) is 5.75 Å². The van der Waals surface area contributed by atoms with Crippen LogP contribution in [0.1, 0.15) is 30.9 Å². The maximum Gasteiger partial charge on any atom is 0.336 e. The van der Waals surface area contributed by atoms with Gasteiger partial charge in [-0.25, -0.2) is 4.79 Å². The van der Waals surface area contributed by atoms with Crippen molar-refractivity contribution in [1.29, 1.82) is 0 Å². The zero-order chi connectivity index (χ0) is 16.5. The molecule has 0 spiro atoms. The first-order valence-corrected chi connectivity index (χ1v) is 7.84. The minimum absolute atomic E-state index is 0.387. The molecular formula is C20H22O3.